The Labute approximate surface area is 167 Å². The molecule has 0 saturated carbocycles. The molecule has 0 spiro atoms. The highest BCUT2D eigenvalue weighted by atomic mass is 35.5. The topological polar surface area (TPSA) is 33.0 Å². The zero-order valence-corrected chi connectivity index (χ0v) is 15.9. The zero-order chi connectivity index (χ0) is 19.2. The standard InChI is InChI=1S/C21H16ClFN2OS/c22-17-8-6-16(7-9-17)20(26)19(25-12-2-1-3-13-25)21(27)24-14-15-4-10-18(23)11-5-15/h1-13,19H,14H2/p+1/t19-/m1/s1. The largest absolute Gasteiger partial charge is 0.370 e. The summed E-state index contributed by atoms with van der Waals surface area (Å²) in [6.07, 6.45) is 3.59. The maximum Gasteiger partial charge on any atom is 0.270 e. The van der Waals surface area contributed by atoms with Crippen LogP contribution in [0.1, 0.15) is 22.0 Å². The molecule has 0 aliphatic rings. The Morgan fingerprint density at radius 2 is 1.67 bits per heavy atom. The minimum absolute atomic E-state index is 0.139. The van der Waals surface area contributed by atoms with Gasteiger partial charge >= 0.3 is 0 Å². The van der Waals surface area contributed by atoms with E-state index in [0.717, 1.165) is 5.56 Å². The average molecular weight is 400 g/mol. The van der Waals surface area contributed by atoms with Gasteiger partial charge in [0.1, 0.15) is 5.82 Å². The van der Waals surface area contributed by atoms with Crippen molar-refractivity contribution in [3.05, 3.63) is 101 Å². The number of Topliss-reactive ketones (excluding diaryl/α,β-unsaturated/α-hetero) is 1. The van der Waals surface area contributed by atoms with Crippen molar-refractivity contribution < 1.29 is 13.8 Å². The van der Waals surface area contributed by atoms with E-state index >= 15 is 0 Å². The molecule has 1 N–H and O–H groups in total. The minimum Gasteiger partial charge on any atom is -0.370 e. The first kappa shape index (κ1) is 19.1. The van der Waals surface area contributed by atoms with Gasteiger partial charge in [0.2, 0.25) is 5.78 Å². The van der Waals surface area contributed by atoms with Crippen molar-refractivity contribution in [1.82, 2.24) is 5.32 Å². The van der Waals surface area contributed by atoms with Crippen LogP contribution in [0.15, 0.2) is 79.1 Å². The molecule has 3 nitrogen and oxygen atoms in total. The molecule has 2 aromatic carbocycles. The maximum atomic E-state index is 13.1. The van der Waals surface area contributed by atoms with Crippen LogP contribution in [-0.2, 0) is 6.54 Å². The molecule has 1 aromatic heterocycles. The van der Waals surface area contributed by atoms with E-state index in [-0.39, 0.29) is 11.6 Å². The first-order valence-corrected chi connectivity index (χ1v) is 9.11. The number of nitrogens with zero attached hydrogens (tertiary/aromatic N) is 1. The highest BCUT2D eigenvalue weighted by Crippen LogP contribution is 2.15. The molecule has 6 heteroatoms. The van der Waals surface area contributed by atoms with Crippen molar-refractivity contribution in [1.29, 1.82) is 0 Å². The van der Waals surface area contributed by atoms with Gasteiger partial charge in [-0.05, 0) is 42.0 Å². The molecule has 3 rings (SSSR count). The lowest BCUT2D eigenvalue weighted by Crippen LogP contribution is -2.51. The van der Waals surface area contributed by atoms with Crippen molar-refractivity contribution in [2.24, 2.45) is 0 Å². The Morgan fingerprint density at radius 1 is 1.04 bits per heavy atom. The lowest BCUT2D eigenvalue weighted by atomic mass is 10.0. The molecule has 0 aliphatic heterocycles. The van der Waals surface area contributed by atoms with Crippen LogP contribution in [0, 0.1) is 5.82 Å². The number of carbonyl (C=O) groups is 1. The van der Waals surface area contributed by atoms with E-state index < -0.39 is 6.04 Å². The molecule has 27 heavy (non-hydrogen) atoms. The van der Waals surface area contributed by atoms with Crippen molar-refractivity contribution in [3.63, 3.8) is 0 Å². The molecular weight excluding hydrogens is 383 g/mol. The summed E-state index contributed by atoms with van der Waals surface area (Å²) < 4.78 is 14.8. The number of rotatable bonds is 6. The average Bonchev–Trinajstić information content (AvgIpc) is 2.69. The van der Waals surface area contributed by atoms with Crippen LogP contribution >= 0.6 is 23.8 Å². The van der Waals surface area contributed by atoms with Crippen molar-refractivity contribution in [3.8, 4) is 0 Å². The number of aromatic nitrogens is 1. The van der Waals surface area contributed by atoms with E-state index in [1.807, 2.05) is 18.2 Å². The molecule has 136 valence electrons. The lowest BCUT2D eigenvalue weighted by molar-refractivity contribution is -0.692. The smallest absolute Gasteiger partial charge is 0.270 e. The van der Waals surface area contributed by atoms with Crippen molar-refractivity contribution in [2.45, 2.75) is 12.6 Å². The van der Waals surface area contributed by atoms with E-state index in [2.05, 4.69) is 5.32 Å². The minimum atomic E-state index is -0.692. The van der Waals surface area contributed by atoms with Gasteiger partial charge in [0, 0.05) is 29.3 Å². The molecule has 0 radical (unpaired) electrons. The summed E-state index contributed by atoms with van der Waals surface area (Å²) in [7, 11) is 0. The Hall–Kier alpha value is -2.63. The van der Waals surface area contributed by atoms with Gasteiger partial charge in [-0.3, -0.25) is 4.79 Å². The van der Waals surface area contributed by atoms with Gasteiger partial charge in [-0.25, -0.2) is 4.39 Å². The van der Waals surface area contributed by atoms with Gasteiger partial charge in [0.25, 0.3) is 6.04 Å². The fraction of sp³-hybridized carbons (Fsp3) is 0.0952. The Balaban J connectivity index is 1.83. The number of nitrogens with one attached hydrogen (secondary N) is 1. The van der Waals surface area contributed by atoms with Crippen LogP contribution in [0.4, 0.5) is 4.39 Å². The third-order valence-electron chi connectivity index (χ3n) is 4.04. The third kappa shape index (κ3) is 4.96. The second kappa shape index (κ2) is 8.84. The number of halogens is 2. The summed E-state index contributed by atoms with van der Waals surface area (Å²) in [6.45, 7) is 0.400. The van der Waals surface area contributed by atoms with E-state index in [1.165, 1.54) is 12.1 Å². The predicted octanol–water partition coefficient (Wildman–Crippen LogP) is 4.31. The van der Waals surface area contributed by atoms with Crippen molar-refractivity contribution in [2.75, 3.05) is 0 Å². The third-order valence-corrected chi connectivity index (χ3v) is 4.66. The molecule has 0 saturated heterocycles. The number of hydrogen-bond acceptors (Lipinski definition) is 2. The number of benzene rings is 2. The SMILES string of the molecule is O=C(c1ccc(Cl)cc1)[C@H](C(=S)NCc1ccc(F)cc1)[n+]1ccccc1. The molecule has 0 fully saturated rings. The second-order valence-electron chi connectivity index (χ2n) is 5.94. The van der Waals surface area contributed by atoms with Crippen LogP contribution in [-0.4, -0.2) is 10.8 Å². The van der Waals surface area contributed by atoms with Crippen LogP contribution in [0.5, 0.6) is 0 Å². The molecule has 0 unspecified atom stereocenters. The van der Waals surface area contributed by atoms with E-state index in [0.29, 0.717) is 22.1 Å². The van der Waals surface area contributed by atoms with Crippen LogP contribution in [0.3, 0.4) is 0 Å². The molecule has 0 aliphatic carbocycles. The fourth-order valence-corrected chi connectivity index (χ4v) is 3.06. The van der Waals surface area contributed by atoms with Gasteiger partial charge in [-0.15, -0.1) is 0 Å². The van der Waals surface area contributed by atoms with E-state index in [1.54, 1.807) is 53.4 Å². The van der Waals surface area contributed by atoms with Crippen molar-refractivity contribution >= 4 is 34.6 Å². The van der Waals surface area contributed by atoms with Gasteiger partial charge < -0.3 is 5.32 Å². The number of pyridine rings is 1. The molecule has 0 amide bonds. The first-order valence-electron chi connectivity index (χ1n) is 8.32. The van der Waals surface area contributed by atoms with Gasteiger partial charge in [0.15, 0.2) is 17.4 Å². The van der Waals surface area contributed by atoms with Gasteiger partial charge in [-0.2, -0.15) is 4.57 Å². The second-order valence-corrected chi connectivity index (χ2v) is 6.82. The quantitative estimate of drug-likeness (QED) is 0.381. The summed E-state index contributed by atoms with van der Waals surface area (Å²) in [4.78, 5) is 13.5. The number of hydrogen-bond donors (Lipinski definition) is 1. The molecule has 0 bridgehead atoms. The summed E-state index contributed by atoms with van der Waals surface area (Å²) in [5, 5.41) is 3.68. The summed E-state index contributed by atoms with van der Waals surface area (Å²) in [6, 6.07) is 17.7. The predicted molar refractivity (Wildman–Crippen MR) is 107 cm³/mol. The summed E-state index contributed by atoms with van der Waals surface area (Å²) >= 11 is 11.5. The zero-order valence-electron chi connectivity index (χ0n) is 14.3. The molecular formula is C21H17ClFN2OS+. The van der Waals surface area contributed by atoms with E-state index in [4.69, 9.17) is 23.8 Å². The summed E-state index contributed by atoms with van der Waals surface area (Å²) in [5.41, 5.74) is 1.39. The van der Waals surface area contributed by atoms with Crippen LogP contribution in [0.2, 0.25) is 5.02 Å². The van der Waals surface area contributed by atoms with Crippen LogP contribution < -0.4 is 9.88 Å². The molecule has 3 aromatic rings. The monoisotopic (exact) mass is 399 g/mol. The Kier molecular flexibility index (Phi) is 6.27. The highest BCUT2D eigenvalue weighted by molar-refractivity contribution is 7.80. The summed E-state index contributed by atoms with van der Waals surface area (Å²) in [5.74, 6) is -0.434. The number of ketones is 1. The van der Waals surface area contributed by atoms with E-state index in [9.17, 15) is 9.18 Å². The number of carbonyl (C=O) groups excluding carboxylic acids is 1. The van der Waals surface area contributed by atoms with Crippen LogP contribution in [0.25, 0.3) is 0 Å². The maximum absolute atomic E-state index is 13.1. The van der Waals surface area contributed by atoms with Gasteiger partial charge in [-0.1, -0.05) is 42.0 Å². The number of thiocarbonyl (C=S) groups is 1. The lowest BCUT2D eigenvalue weighted by Gasteiger charge is -2.15. The molecule has 1 heterocycles. The molecule has 1 atom stereocenters. The highest BCUT2D eigenvalue weighted by Gasteiger charge is 2.32. The van der Waals surface area contributed by atoms with Gasteiger partial charge in [0.05, 0.1) is 0 Å². The Morgan fingerprint density at radius 3 is 2.30 bits per heavy atom. The first-order chi connectivity index (χ1) is 13.0. The normalized spacial score (nSPS) is 11.6. The fourth-order valence-electron chi connectivity index (χ4n) is 2.63. The Bertz CT molecular complexity index is 931.